The zero-order chi connectivity index (χ0) is 15.1. The Morgan fingerprint density at radius 1 is 0.952 bits per heavy atom. The maximum absolute atomic E-state index is 5.90. The molecule has 2 nitrogen and oxygen atoms in total. The van der Waals surface area contributed by atoms with Crippen LogP contribution >= 0.6 is 0 Å². The first-order valence-electron chi connectivity index (χ1n) is 7.68. The number of benzene rings is 2. The zero-order valence-corrected chi connectivity index (χ0v) is 13.0. The third-order valence-corrected chi connectivity index (χ3v) is 3.82. The molecule has 0 saturated carbocycles. The van der Waals surface area contributed by atoms with Crippen molar-refractivity contribution in [3.05, 3.63) is 65.7 Å². The summed E-state index contributed by atoms with van der Waals surface area (Å²) in [6.45, 7) is 5.73. The van der Waals surface area contributed by atoms with Crippen molar-refractivity contribution >= 4 is 0 Å². The second-order valence-corrected chi connectivity index (χ2v) is 5.71. The van der Waals surface area contributed by atoms with Crippen molar-refractivity contribution in [2.45, 2.75) is 32.1 Å². The van der Waals surface area contributed by atoms with Gasteiger partial charge in [-0.3, -0.25) is 0 Å². The highest BCUT2D eigenvalue weighted by Gasteiger charge is 2.09. The molecule has 0 saturated heterocycles. The van der Waals surface area contributed by atoms with Crippen LogP contribution in [0.4, 0.5) is 0 Å². The maximum Gasteiger partial charge on any atom is 0.119 e. The summed E-state index contributed by atoms with van der Waals surface area (Å²) in [7, 11) is 0. The third-order valence-electron chi connectivity index (χ3n) is 3.82. The lowest BCUT2D eigenvalue weighted by Crippen LogP contribution is -2.15. The normalized spacial score (nSPS) is 12.4. The molecule has 1 unspecified atom stereocenters. The van der Waals surface area contributed by atoms with E-state index in [0.29, 0.717) is 25.0 Å². The standard InChI is InChI=1S/C19H25NO/c1-15(2)17-9-6-10-19(13-17)21-12-11-18(14-20)16-7-4-3-5-8-16/h3-10,13,15,18H,11-12,14,20H2,1-2H3. The first-order chi connectivity index (χ1) is 10.2. The molecule has 0 heterocycles. The Kier molecular flexibility index (Phi) is 5.82. The van der Waals surface area contributed by atoms with Crippen LogP contribution in [0.5, 0.6) is 5.75 Å². The fourth-order valence-corrected chi connectivity index (χ4v) is 2.43. The molecule has 0 radical (unpaired) electrons. The minimum atomic E-state index is 0.361. The first-order valence-corrected chi connectivity index (χ1v) is 7.68. The van der Waals surface area contributed by atoms with Gasteiger partial charge in [0.1, 0.15) is 5.75 Å². The summed E-state index contributed by atoms with van der Waals surface area (Å²) in [5.74, 6) is 1.83. The van der Waals surface area contributed by atoms with Crippen LogP contribution in [0.15, 0.2) is 54.6 Å². The molecule has 0 aliphatic carbocycles. The SMILES string of the molecule is CC(C)c1cccc(OCCC(CN)c2ccccc2)c1. The third kappa shape index (κ3) is 4.61. The van der Waals surface area contributed by atoms with Crippen LogP contribution < -0.4 is 10.5 Å². The highest BCUT2D eigenvalue weighted by Crippen LogP contribution is 2.22. The molecule has 0 aliphatic heterocycles. The molecule has 2 aromatic carbocycles. The van der Waals surface area contributed by atoms with Gasteiger partial charge in [0, 0.05) is 0 Å². The van der Waals surface area contributed by atoms with Crippen LogP contribution in [-0.4, -0.2) is 13.2 Å². The minimum absolute atomic E-state index is 0.361. The van der Waals surface area contributed by atoms with Gasteiger partial charge in [-0.05, 0) is 48.1 Å². The molecule has 2 heteroatoms. The van der Waals surface area contributed by atoms with Crippen LogP contribution in [0.1, 0.15) is 43.2 Å². The number of rotatable bonds is 7. The number of ether oxygens (including phenoxy) is 1. The highest BCUT2D eigenvalue weighted by atomic mass is 16.5. The molecule has 21 heavy (non-hydrogen) atoms. The van der Waals surface area contributed by atoms with Gasteiger partial charge in [-0.1, -0.05) is 56.3 Å². The molecule has 2 N–H and O–H groups in total. The Balaban J connectivity index is 1.90. The molecule has 0 amide bonds. The Morgan fingerprint density at radius 3 is 2.33 bits per heavy atom. The fourth-order valence-electron chi connectivity index (χ4n) is 2.43. The molecular weight excluding hydrogens is 258 g/mol. The monoisotopic (exact) mass is 283 g/mol. The Bertz CT molecular complexity index is 536. The van der Waals surface area contributed by atoms with E-state index >= 15 is 0 Å². The average molecular weight is 283 g/mol. The van der Waals surface area contributed by atoms with E-state index in [-0.39, 0.29) is 0 Å². The topological polar surface area (TPSA) is 35.2 Å². The van der Waals surface area contributed by atoms with Gasteiger partial charge in [-0.2, -0.15) is 0 Å². The molecule has 0 spiro atoms. The van der Waals surface area contributed by atoms with Gasteiger partial charge in [0.05, 0.1) is 6.61 Å². The van der Waals surface area contributed by atoms with Crippen molar-refractivity contribution in [1.29, 1.82) is 0 Å². The Hall–Kier alpha value is -1.80. The molecule has 0 aliphatic rings. The van der Waals surface area contributed by atoms with Gasteiger partial charge in [0.2, 0.25) is 0 Å². The van der Waals surface area contributed by atoms with Crippen molar-refractivity contribution in [3.63, 3.8) is 0 Å². The van der Waals surface area contributed by atoms with Crippen molar-refractivity contribution in [3.8, 4) is 5.75 Å². The van der Waals surface area contributed by atoms with Crippen molar-refractivity contribution in [1.82, 2.24) is 0 Å². The summed E-state index contributed by atoms with van der Waals surface area (Å²) in [4.78, 5) is 0. The highest BCUT2D eigenvalue weighted by molar-refractivity contribution is 5.30. The predicted octanol–water partition coefficient (Wildman–Crippen LogP) is 4.32. The van der Waals surface area contributed by atoms with Crippen LogP contribution in [0, 0.1) is 0 Å². The van der Waals surface area contributed by atoms with Crippen molar-refractivity contribution in [2.24, 2.45) is 5.73 Å². The summed E-state index contributed by atoms with van der Waals surface area (Å²) in [5, 5.41) is 0. The number of nitrogens with two attached hydrogens (primary N) is 1. The van der Waals surface area contributed by atoms with Gasteiger partial charge >= 0.3 is 0 Å². The van der Waals surface area contributed by atoms with E-state index < -0.39 is 0 Å². The van der Waals surface area contributed by atoms with Crippen LogP contribution in [-0.2, 0) is 0 Å². The molecule has 2 aromatic rings. The summed E-state index contributed by atoms with van der Waals surface area (Å²) in [5.41, 5.74) is 8.49. The lowest BCUT2D eigenvalue weighted by molar-refractivity contribution is 0.298. The Morgan fingerprint density at radius 2 is 1.67 bits per heavy atom. The van der Waals surface area contributed by atoms with Crippen molar-refractivity contribution in [2.75, 3.05) is 13.2 Å². The molecule has 2 rings (SSSR count). The second-order valence-electron chi connectivity index (χ2n) is 5.71. The van der Waals surface area contributed by atoms with E-state index in [1.165, 1.54) is 11.1 Å². The quantitative estimate of drug-likeness (QED) is 0.821. The lowest BCUT2D eigenvalue weighted by Gasteiger charge is -2.16. The number of hydrogen-bond donors (Lipinski definition) is 1. The fraction of sp³-hybridized carbons (Fsp3) is 0.368. The van der Waals surface area contributed by atoms with Gasteiger partial charge in [0.25, 0.3) is 0 Å². The molecule has 0 aromatic heterocycles. The van der Waals surface area contributed by atoms with E-state index in [0.717, 1.165) is 12.2 Å². The maximum atomic E-state index is 5.90. The average Bonchev–Trinajstić information content (AvgIpc) is 2.53. The summed E-state index contributed by atoms with van der Waals surface area (Å²) in [6.07, 6.45) is 0.937. The minimum Gasteiger partial charge on any atom is -0.494 e. The van der Waals surface area contributed by atoms with Crippen molar-refractivity contribution < 1.29 is 4.74 Å². The smallest absolute Gasteiger partial charge is 0.119 e. The van der Waals surface area contributed by atoms with Crippen LogP contribution in [0.2, 0.25) is 0 Å². The van der Waals surface area contributed by atoms with E-state index in [4.69, 9.17) is 10.5 Å². The summed E-state index contributed by atoms with van der Waals surface area (Å²) < 4.78 is 5.90. The van der Waals surface area contributed by atoms with Crippen LogP contribution in [0.25, 0.3) is 0 Å². The van der Waals surface area contributed by atoms with E-state index in [2.05, 4.69) is 56.3 Å². The van der Waals surface area contributed by atoms with Gasteiger partial charge < -0.3 is 10.5 Å². The number of hydrogen-bond acceptors (Lipinski definition) is 2. The summed E-state index contributed by atoms with van der Waals surface area (Å²) >= 11 is 0. The molecule has 0 fully saturated rings. The van der Waals surface area contributed by atoms with Gasteiger partial charge in [-0.15, -0.1) is 0 Å². The Labute approximate surface area is 127 Å². The largest absolute Gasteiger partial charge is 0.494 e. The van der Waals surface area contributed by atoms with Gasteiger partial charge in [0.15, 0.2) is 0 Å². The second kappa shape index (κ2) is 7.84. The van der Waals surface area contributed by atoms with E-state index in [1.54, 1.807) is 0 Å². The molecule has 112 valence electrons. The molecular formula is C19H25NO. The predicted molar refractivity (Wildman–Crippen MR) is 88.9 cm³/mol. The first kappa shape index (κ1) is 15.6. The molecule has 0 bridgehead atoms. The van der Waals surface area contributed by atoms with Crippen LogP contribution in [0.3, 0.4) is 0 Å². The van der Waals surface area contributed by atoms with Gasteiger partial charge in [-0.25, -0.2) is 0 Å². The lowest BCUT2D eigenvalue weighted by atomic mass is 9.96. The van der Waals surface area contributed by atoms with E-state index in [1.807, 2.05) is 12.1 Å². The summed E-state index contributed by atoms with van der Waals surface area (Å²) in [6, 6.07) is 18.8. The molecule has 1 atom stereocenters. The zero-order valence-electron chi connectivity index (χ0n) is 13.0. The van der Waals surface area contributed by atoms with E-state index in [9.17, 15) is 0 Å².